The summed E-state index contributed by atoms with van der Waals surface area (Å²) in [7, 11) is 0. The summed E-state index contributed by atoms with van der Waals surface area (Å²) in [6, 6.07) is 1.51. The molecule has 0 radical (unpaired) electrons. The first-order chi connectivity index (χ1) is 10.4. The van der Waals surface area contributed by atoms with E-state index < -0.39 is 11.4 Å². The molecule has 0 saturated carbocycles. The minimum absolute atomic E-state index is 0.187. The van der Waals surface area contributed by atoms with Crippen LogP contribution in [0.25, 0.3) is 0 Å². The molecule has 120 valence electrons. The van der Waals surface area contributed by atoms with E-state index in [2.05, 4.69) is 4.98 Å². The lowest BCUT2D eigenvalue weighted by Crippen LogP contribution is -2.48. The van der Waals surface area contributed by atoms with Crippen LogP contribution in [0.15, 0.2) is 12.3 Å². The number of carbonyl (C=O) groups is 2. The number of hydrogen-bond acceptors (Lipinski definition) is 4. The van der Waals surface area contributed by atoms with Crippen molar-refractivity contribution < 1.29 is 19.4 Å². The minimum atomic E-state index is -0.906. The van der Waals surface area contributed by atoms with Crippen LogP contribution in [-0.2, 0) is 4.79 Å². The van der Waals surface area contributed by atoms with Gasteiger partial charge < -0.3 is 14.7 Å². The monoisotopic (exact) mass is 326 g/mol. The molecule has 1 aliphatic heterocycles. The molecule has 1 aromatic rings. The van der Waals surface area contributed by atoms with Crippen LogP contribution in [-0.4, -0.2) is 46.6 Å². The van der Waals surface area contributed by atoms with Crippen molar-refractivity contribution in [3.05, 3.63) is 22.8 Å². The maximum absolute atomic E-state index is 12.5. The highest BCUT2D eigenvalue weighted by Gasteiger charge is 2.39. The van der Waals surface area contributed by atoms with E-state index >= 15 is 0 Å². The first-order valence-corrected chi connectivity index (χ1v) is 7.56. The molecule has 1 saturated heterocycles. The molecule has 0 bridgehead atoms. The van der Waals surface area contributed by atoms with Crippen LogP contribution in [0.3, 0.4) is 0 Å². The fourth-order valence-electron chi connectivity index (χ4n) is 2.56. The molecule has 1 aromatic heterocycles. The third-order valence-corrected chi connectivity index (χ3v) is 4.11. The number of likely N-dealkylation sites (tertiary alicyclic amines) is 1. The Morgan fingerprint density at radius 1 is 1.55 bits per heavy atom. The van der Waals surface area contributed by atoms with Gasteiger partial charge in [-0.1, -0.05) is 11.6 Å². The van der Waals surface area contributed by atoms with Gasteiger partial charge in [-0.05, 0) is 32.8 Å². The zero-order chi connectivity index (χ0) is 16.3. The van der Waals surface area contributed by atoms with Crippen molar-refractivity contribution in [1.82, 2.24) is 9.88 Å². The number of hydrogen-bond donors (Lipinski definition) is 1. The number of aliphatic carboxylic acids is 1. The summed E-state index contributed by atoms with van der Waals surface area (Å²) in [6.07, 6.45) is 2.63. The lowest BCUT2D eigenvalue weighted by Gasteiger charge is -2.37. The van der Waals surface area contributed by atoms with Gasteiger partial charge >= 0.3 is 5.97 Å². The molecular weight excluding hydrogens is 308 g/mol. The predicted molar refractivity (Wildman–Crippen MR) is 81.3 cm³/mol. The van der Waals surface area contributed by atoms with E-state index in [4.69, 9.17) is 16.3 Å². The Kier molecular flexibility index (Phi) is 4.90. The smallest absolute Gasteiger partial charge is 0.311 e. The molecule has 1 unspecified atom stereocenters. The van der Waals surface area contributed by atoms with Gasteiger partial charge in [0.2, 0.25) is 5.88 Å². The Hall–Kier alpha value is -1.82. The van der Waals surface area contributed by atoms with E-state index in [-0.39, 0.29) is 23.4 Å². The lowest BCUT2D eigenvalue weighted by molar-refractivity contribution is -0.150. The number of amides is 1. The number of pyridine rings is 1. The second-order valence-corrected chi connectivity index (χ2v) is 6.05. The topological polar surface area (TPSA) is 79.7 Å². The van der Waals surface area contributed by atoms with Gasteiger partial charge in [0.05, 0.1) is 17.6 Å². The summed E-state index contributed by atoms with van der Waals surface area (Å²) in [4.78, 5) is 29.5. The second kappa shape index (κ2) is 6.52. The van der Waals surface area contributed by atoms with E-state index in [0.717, 1.165) is 0 Å². The van der Waals surface area contributed by atoms with Crippen LogP contribution in [0, 0.1) is 5.41 Å². The number of ether oxygens (including phenoxy) is 1. The molecule has 2 heterocycles. The van der Waals surface area contributed by atoms with Crippen molar-refractivity contribution in [3.8, 4) is 5.88 Å². The number of carbonyl (C=O) groups excluding carboxylic acids is 1. The van der Waals surface area contributed by atoms with Gasteiger partial charge in [-0.2, -0.15) is 0 Å². The lowest BCUT2D eigenvalue weighted by atomic mass is 9.82. The molecule has 1 fully saturated rings. The van der Waals surface area contributed by atoms with E-state index in [1.165, 1.54) is 12.3 Å². The first kappa shape index (κ1) is 16.5. The van der Waals surface area contributed by atoms with Crippen LogP contribution in [0.1, 0.15) is 37.0 Å². The molecule has 0 aromatic carbocycles. The number of nitrogens with zero attached hydrogens (tertiary/aromatic N) is 2. The summed E-state index contributed by atoms with van der Waals surface area (Å²) in [6.45, 7) is 4.64. The molecule has 7 heteroatoms. The number of rotatable bonds is 4. The summed E-state index contributed by atoms with van der Waals surface area (Å²) in [5.74, 6) is -0.854. The highest BCUT2D eigenvalue weighted by molar-refractivity contribution is 6.32. The Labute approximate surface area is 134 Å². The molecule has 0 spiro atoms. The quantitative estimate of drug-likeness (QED) is 0.919. The maximum Gasteiger partial charge on any atom is 0.311 e. The van der Waals surface area contributed by atoms with E-state index in [1.807, 2.05) is 6.92 Å². The van der Waals surface area contributed by atoms with Crippen LogP contribution >= 0.6 is 11.6 Å². The predicted octanol–water partition coefficient (Wildman–Crippen LogP) is 2.46. The third-order valence-electron chi connectivity index (χ3n) is 3.84. The summed E-state index contributed by atoms with van der Waals surface area (Å²) in [5, 5.41) is 9.59. The van der Waals surface area contributed by atoms with Crippen molar-refractivity contribution in [1.29, 1.82) is 0 Å². The highest BCUT2D eigenvalue weighted by atomic mass is 35.5. The van der Waals surface area contributed by atoms with Gasteiger partial charge in [0, 0.05) is 19.3 Å². The normalized spacial score (nSPS) is 21.5. The highest BCUT2D eigenvalue weighted by Crippen LogP contribution is 2.31. The first-order valence-electron chi connectivity index (χ1n) is 7.18. The van der Waals surface area contributed by atoms with Gasteiger partial charge in [-0.25, -0.2) is 4.98 Å². The molecule has 2 rings (SSSR count). The fourth-order valence-corrected chi connectivity index (χ4v) is 2.78. The molecular formula is C15H19ClN2O4. The Morgan fingerprint density at radius 2 is 2.27 bits per heavy atom. The molecule has 22 heavy (non-hydrogen) atoms. The van der Waals surface area contributed by atoms with Gasteiger partial charge in [0.1, 0.15) is 5.02 Å². The van der Waals surface area contributed by atoms with E-state index in [0.29, 0.717) is 31.6 Å². The Morgan fingerprint density at radius 3 is 2.86 bits per heavy atom. The van der Waals surface area contributed by atoms with Crippen molar-refractivity contribution in [2.24, 2.45) is 5.41 Å². The fraction of sp³-hybridized carbons (Fsp3) is 0.533. The largest absolute Gasteiger partial charge is 0.481 e. The van der Waals surface area contributed by atoms with Gasteiger partial charge in [-0.15, -0.1) is 0 Å². The molecule has 6 nitrogen and oxygen atoms in total. The molecule has 1 N–H and O–H groups in total. The van der Waals surface area contributed by atoms with Crippen LogP contribution in [0.2, 0.25) is 5.02 Å². The average Bonchev–Trinajstić information content (AvgIpc) is 2.48. The average molecular weight is 327 g/mol. The number of halogens is 1. The van der Waals surface area contributed by atoms with Gasteiger partial charge in [0.25, 0.3) is 5.91 Å². The van der Waals surface area contributed by atoms with Gasteiger partial charge in [-0.3, -0.25) is 9.59 Å². The van der Waals surface area contributed by atoms with Crippen LogP contribution in [0.4, 0.5) is 0 Å². The van der Waals surface area contributed by atoms with Crippen LogP contribution in [0.5, 0.6) is 5.88 Å². The van der Waals surface area contributed by atoms with E-state index in [1.54, 1.807) is 11.8 Å². The minimum Gasteiger partial charge on any atom is -0.481 e. The molecule has 1 amide bonds. The summed E-state index contributed by atoms with van der Waals surface area (Å²) in [5.41, 5.74) is -0.570. The van der Waals surface area contributed by atoms with E-state index in [9.17, 15) is 14.7 Å². The van der Waals surface area contributed by atoms with Crippen molar-refractivity contribution >= 4 is 23.5 Å². The number of carboxylic acid groups (broad SMARTS) is 1. The molecule has 1 atom stereocenters. The maximum atomic E-state index is 12.5. The molecule has 1 aliphatic rings. The van der Waals surface area contributed by atoms with Crippen LogP contribution < -0.4 is 4.74 Å². The number of carboxylic acids is 1. The van der Waals surface area contributed by atoms with Crippen molar-refractivity contribution in [3.63, 3.8) is 0 Å². The number of aromatic nitrogens is 1. The van der Waals surface area contributed by atoms with Gasteiger partial charge in [0.15, 0.2) is 0 Å². The zero-order valence-corrected chi connectivity index (χ0v) is 13.4. The summed E-state index contributed by atoms with van der Waals surface area (Å²) >= 11 is 6.05. The number of piperidine rings is 1. The standard InChI is InChI=1S/C15H19ClN2O4/c1-3-22-12-11(16)7-10(8-17-12)13(19)18-6-4-5-15(2,9-18)14(20)21/h7-8H,3-6,9H2,1-2H3,(H,20,21). The Balaban J connectivity index is 2.17. The summed E-state index contributed by atoms with van der Waals surface area (Å²) < 4.78 is 5.24. The van der Waals surface area contributed by atoms with Crippen molar-refractivity contribution in [2.45, 2.75) is 26.7 Å². The van der Waals surface area contributed by atoms with Crippen molar-refractivity contribution in [2.75, 3.05) is 19.7 Å². The third kappa shape index (κ3) is 3.32. The SMILES string of the molecule is CCOc1ncc(C(=O)N2CCCC(C)(C(=O)O)C2)cc1Cl. The zero-order valence-electron chi connectivity index (χ0n) is 12.6. The second-order valence-electron chi connectivity index (χ2n) is 5.64. The Bertz CT molecular complexity index is 593. The molecule has 0 aliphatic carbocycles.